The molecule has 0 aliphatic rings. The van der Waals surface area contributed by atoms with E-state index in [9.17, 15) is 5.11 Å². The van der Waals surface area contributed by atoms with Crippen molar-refractivity contribution >= 4 is 5.69 Å². The summed E-state index contributed by atoms with van der Waals surface area (Å²) in [4.78, 5) is 2.24. The number of anilines is 1. The van der Waals surface area contributed by atoms with Crippen molar-refractivity contribution in [2.75, 3.05) is 24.6 Å². The van der Waals surface area contributed by atoms with Gasteiger partial charge in [-0.15, -0.1) is 0 Å². The summed E-state index contributed by atoms with van der Waals surface area (Å²) in [5.74, 6) is 0. The molecular weight excluding hydrogens is 224 g/mol. The maximum atomic E-state index is 9.21. The van der Waals surface area contributed by atoms with E-state index in [1.807, 2.05) is 12.1 Å². The van der Waals surface area contributed by atoms with E-state index in [1.165, 1.54) is 11.3 Å². The van der Waals surface area contributed by atoms with Crippen molar-refractivity contribution in [2.24, 2.45) is 5.73 Å². The quantitative estimate of drug-likeness (QED) is 0.746. The van der Waals surface area contributed by atoms with E-state index in [-0.39, 0.29) is 12.6 Å². The first-order chi connectivity index (χ1) is 8.74. The third kappa shape index (κ3) is 4.00. The maximum Gasteiger partial charge on any atom is 0.0606 e. The molecule has 0 bridgehead atoms. The van der Waals surface area contributed by atoms with Gasteiger partial charge in [-0.3, -0.25) is 0 Å². The molecular formula is C15H26N2O. The summed E-state index contributed by atoms with van der Waals surface area (Å²) in [7, 11) is 0. The topological polar surface area (TPSA) is 49.5 Å². The first-order valence-corrected chi connectivity index (χ1v) is 6.94. The zero-order valence-electron chi connectivity index (χ0n) is 11.6. The predicted molar refractivity (Wildman–Crippen MR) is 77.9 cm³/mol. The van der Waals surface area contributed by atoms with Crippen LogP contribution in [0.1, 0.15) is 44.7 Å². The van der Waals surface area contributed by atoms with Gasteiger partial charge in [-0.25, -0.2) is 0 Å². The first-order valence-electron chi connectivity index (χ1n) is 6.94. The van der Waals surface area contributed by atoms with E-state index >= 15 is 0 Å². The van der Waals surface area contributed by atoms with Gasteiger partial charge in [0.1, 0.15) is 0 Å². The lowest BCUT2D eigenvalue weighted by atomic mass is 10.0. The second-order valence-electron chi connectivity index (χ2n) is 4.64. The summed E-state index contributed by atoms with van der Waals surface area (Å²) < 4.78 is 0. The molecule has 1 aromatic carbocycles. The summed E-state index contributed by atoms with van der Waals surface area (Å²) in [5.41, 5.74) is 8.53. The number of aliphatic hydroxyl groups excluding tert-OH is 1. The van der Waals surface area contributed by atoms with Gasteiger partial charge >= 0.3 is 0 Å². The van der Waals surface area contributed by atoms with Gasteiger partial charge in [0.2, 0.25) is 0 Å². The third-order valence-corrected chi connectivity index (χ3v) is 3.27. The lowest BCUT2D eigenvalue weighted by Crippen LogP contribution is -2.29. The highest BCUT2D eigenvalue weighted by Crippen LogP contribution is 2.26. The molecule has 3 N–H and O–H groups in total. The molecule has 0 aliphatic heterocycles. The van der Waals surface area contributed by atoms with E-state index in [1.54, 1.807) is 0 Å². The Kier molecular flexibility index (Phi) is 6.76. The number of hydrogen-bond donors (Lipinski definition) is 2. The SMILES string of the molecule is CCCCN(CCO)c1ccccc1[C@H](N)CC. The van der Waals surface area contributed by atoms with Crippen LogP contribution < -0.4 is 10.6 Å². The Morgan fingerprint density at radius 1 is 1.22 bits per heavy atom. The minimum atomic E-state index is 0.0732. The largest absolute Gasteiger partial charge is 0.395 e. The minimum Gasteiger partial charge on any atom is -0.395 e. The van der Waals surface area contributed by atoms with Gasteiger partial charge < -0.3 is 15.7 Å². The highest BCUT2D eigenvalue weighted by atomic mass is 16.3. The fraction of sp³-hybridized carbons (Fsp3) is 0.600. The standard InChI is InChI=1S/C15H26N2O/c1-3-5-10-17(11-12-18)15-9-7-6-8-13(15)14(16)4-2/h6-9,14,18H,3-5,10-12,16H2,1-2H3/t14-/m1/s1. The second-order valence-corrected chi connectivity index (χ2v) is 4.64. The third-order valence-electron chi connectivity index (χ3n) is 3.27. The Bertz CT molecular complexity index is 341. The first kappa shape index (κ1) is 15.0. The van der Waals surface area contributed by atoms with Gasteiger partial charge in [0.05, 0.1) is 6.61 Å². The van der Waals surface area contributed by atoms with E-state index in [0.29, 0.717) is 6.54 Å². The number of benzene rings is 1. The van der Waals surface area contributed by atoms with Gasteiger partial charge in [-0.05, 0) is 24.5 Å². The van der Waals surface area contributed by atoms with Crippen molar-refractivity contribution in [1.29, 1.82) is 0 Å². The molecule has 0 fully saturated rings. The molecule has 1 aromatic rings. The van der Waals surface area contributed by atoms with E-state index in [0.717, 1.165) is 25.8 Å². The van der Waals surface area contributed by atoms with Gasteiger partial charge in [0.25, 0.3) is 0 Å². The molecule has 1 atom stereocenters. The fourth-order valence-electron chi connectivity index (χ4n) is 2.13. The fourth-order valence-corrected chi connectivity index (χ4v) is 2.13. The molecule has 0 unspecified atom stereocenters. The number of rotatable bonds is 8. The zero-order valence-corrected chi connectivity index (χ0v) is 11.6. The lowest BCUT2D eigenvalue weighted by molar-refractivity contribution is 0.301. The Balaban J connectivity index is 2.94. The molecule has 1 rings (SSSR count). The highest BCUT2D eigenvalue weighted by Gasteiger charge is 2.13. The van der Waals surface area contributed by atoms with E-state index < -0.39 is 0 Å². The second kappa shape index (κ2) is 8.11. The molecule has 0 radical (unpaired) electrons. The number of para-hydroxylation sites is 1. The molecule has 0 saturated carbocycles. The van der Waals surface area contributed by atoms with Crippen LogP contribution in [0.25, 0.3) is 0 Å². The van der Waals surface area contributed by atoms with Crippen molar-refractivity contribution < 1.29 is 5.11 Å². The van der Waals surface area contributed by atoms with Crippen molar-refractivity contribution in [1.82, 2.24) is 0 Å². The molecule has 0 aliphatic carbocycles. The Labute approximate surface area is 111 Å². The molecule has 0 spiro atoms. The Morgan fingerprint density at radius 2 is 1.94 bits per heavy atom. The molecule has 0 heterocycles. The summed E-state index contributed by atoms with van der Waals surface area (Å²) >= 11 is 0. The molecule has 3 heteroatoms. The molecule has 3 nitrogen and oxygen atoms in total. The van der Waals surface area contributed by atoms with Crippen molar-refractivity contribution in [2.45, 2.75) is 39.2 Å². The average Bonchev–Trinajstić information content (AvgIpc) is 2.42. The number of hydrogen-bond acceptors (Lipinski definition) is 3. The monoisotopic (exact) mass is 250 g/mol. The normalized spacial score (nSPS) is 12.4. The van der Waals surface area contributed by atoms with Crippen LogP contribution in [0.2, 0.25) is 0 Å². The molecule has 102 valence electrons. The summed E-state index contributed by atoms with van der Waals surface area (Å²) in [6.07, 6.45) is 3.22. The average molecular weight is 250 g/mol. The summed E-state index contributed by atoms with van der Waals surface area (Å²) in [5, 5.41) is 9.21. The van der Waals surface area contributed by atoms with Crippen molar-refractivity contribution in [3.8, 4) is 0 Å². The molecule has 0 amide bonds. The van der Waals surface area contributed by atoms with Gasteiger partial charge in [-0.1, -0.05) is 38.5 Å². The summed E-state index contributed by atoms with van der Waals surface area (Å²) in [6.45, 7) is 6.11. The van der Waals surface area contributed by atoms with Gasteiger partial charge in [0.15, 0.2) is 0 Å². The van der Waals surface area contributed by atoms with Crippen LogP contribution in [0.4, 0.5) is 5.69 Å². The van der Waals surface area contributed by atoms with E-state index in [4.69, 9.17) is 5.73 Å². The van der Waals surface area contributed by atoms with Gasteiger partial charge in [-0.2, -0.15) is 0 Å². The highest BCUT2D eigenvalue weighted by molar-refractivity contribution is 5.55. The van der Waals surface area contributed by atoms with Crippen molar-refractivity contribution in [3.05, 3.63) is 29.8 Å². The number of nitrogens with two attached hydrogens (primary N) is 1. The number of aliphatic hydroxyl groups is 1. The smallest absolute Gasteiger partial charge is 0.0606 e. The summed E-state index contributed by atoms with van der Waals surface area (Å²) in [6, 6.07) is 8.35. The van der Waals surface area contributed by atoms with Crippen LogP contribution >= 0.6 is 0 Å². The van der Waals surface area contributed by atoms with Crippen LogP contribution in [0, 0.1) is 0 Å². The van der Waals surface area contributed by atoms with Crippen LogP contribution in [0.15, 0.2) is 24.3 Å². The van der Waals surface area contributed by atoms with E-state index in [2.05, 4.69) is 30.9 Å². The molecule has 18 heavy (non-hydrogen) atoms. The zero-order chi connectivity index (χ0) is 13.4. The predicted octanol–water partition coefficient (Wildman–Crippen LogP) is 2.70. The van der Waals surface area contributed by atoms with Gasteiger partial charge in [0, 0.05) is 24.8 Å². The molecule has 0 saturated heterocycles. The van der Waals surface area contributed by atoms with Crippen LogP contribution in [0.3, 0.4) is 0 Å². The Morgan fingerprint density at radius 3 is 2.56 bits per heavy atom. The van der Waals surface area contributed by atoms with Crippen LogP contribution in [-0.4, -0.2) is 24.8 Å². The Hall–Kier alpha value is -1.06. The number of unbranched alkanes of at least 4 members (excludes halogenated alkanes) is 1. The minimum absolute atomic E-state index is 0.0732. The molecule has 0 aromatic heterocycles. The van der Waals surface area contributed by atoms with Crippen molar-refractivity contribution in [3.63, 3.8) is 0 Å². The maximum absolute atomic E-state index is 9.21. The van der Waals surface area contributed by atoms with Crippen LogP contribution in [0.5, 0.6) is 0 Å². The van der Waals surface area contributed by atoms with Crippen LogP contribution in [-0.2, 0) is 0 Å². The lowest BCUT2D eigenvalue weighted by Gasteiger charge is -2.28. The number of nitrogens with zero attached hydrogens (tertiary/aromatic N) is 1.